The van der Waals surface area contributed by atoms with E-state index in [1.165, 1.54) is 44.3 Å². The number of nitrogens with one attached hydrogen (secondary N) is 1. The van der Waals surface area contributed by atoms with Crippen molar-refractivity contribution in [1.82, 2.24) is 10.2 Å². The molecule has 1 unspecified atom stereocenters. The molecule has 1 N–H and O–H groups in total. The SMILES string of the molecule is COc1ccc(CC(C)NC2CCN(C3CC3)CC2)cc1. The van der Waals surface area contributed by atoms with Crippen molar-refractivity contribution in [3.8, 4) is 5.75 Å². The lowest BCUT2D eigenvalue weighted by Gasteiger charge is -2.34. The van der Waals surface area contributed by atoms with Crippen LogP contribution in [0.15, 0.2) is 24.3 Å². The molecule has 0 amide bonds. The normalized spacial score (nSPS) is 22.2. The third kappa shape index (κ3) is 4.21. The minimum Gasteiger partial charge on any atom is -0.497 e. The standard InChI is InChI=1S/C18H28N2O/c1-14(13-15-3-7-18(21-2)8-4-15)19-16-9-11-20(12-10-16)17-5-6-17/h3-4,7-8,14,16-17,19H,5-6,9-13H2,1-2H3. The molecule has 1 heterocycles. The van der Waals surface area contributed by atoms with E-state index < -0.39 is 0 Å². The van der Waals surface area contributed by atoms with Crippen molar-refractivity contribution < 1.29 is 4.74 Å². The van der Waals surface area contributed by atoms with Crippen molar-refractivity contribution in [3.63, 3.8) is 0 Å². The molecule has 0 bridgehead atoms. The first-order valence-electron chi connectivity index (χ1n) is 8.37. The molecule has 1 saturated carbocycles. The summed E-state index contributed by atoms with van der Waals surface area (Å²) in [6.45, 7) is 4.88. The van der Waals surface area contributed by atoms with Gasteiger partial charge in [0.2, 0.25) is 0 Å². The molecule has 1 aliphatic carbocycles. The Hall–Kier alpha value is -1.06. The summed E-state index contributed by atoms with van der Waals surface area (Å²) in [6, 6.07) is 10.6. The van der Waals surface area contributed by atoms with E-state index >= 15 is 0 Å². The van der Waals surface area contributed by atoms with Gasteiger partial charge in [-0.2, -0.15) is 0 Å². The van der Waals surface area contributed by atoms with Gasteiger partial charge in [-0.05, 0) is 69.8 Å². The Labute approximate surface area is 128 Å². The number of benzene rings is 1. The fourth-order valence-electron chi connectivity index (χ4n) is 3.45. The molecule has 0 radical (unpaired) electrons. The van der Waals surface area contributed by atoms with E-state index in [4.69, 9.17) is 4.74 Å². The van der Waals surface area contributed by atoms with E-state index in [1.807, 2.05) is 0 Å². The van der Waals surface area contributed by atoms with Crippen LogP contribution in [0.5, 0.6) is 5.75 Å². The zero-order valence-corrected chi connectivity index (χ0v) is 13.3. The molecule has 2 fully saturated rings. The van der Waals surface area contributed by atoms with Crippen LogP contribution in [0.2, 0.25) is 0 Å². The Bertz CT molecular complexity index is 433. The zero-order valence-electron chi connectivity index (χ0n) is 13.3. The Morgan fingerprint density at radius 2 is 1.81 bits per heavy atom. The van der Waals surface area contributed by atoms with Crippen LogP contribution in [0, 0.1) is 0 Å². The van der Waals surface area contributed by atoms with Crippen LogP contribution in [0.3, 0.4) is 0 Å². The van der Waals surface area contributed by atoms with Gasteiger partial charge in [-0.15, -0.1) is 0 Å². The maximum atomic E-state index is 5.21. The van der Waals surface area contributed by atoms with Crippen molar-refractivity contribution in [3.05, 3.63) is 29.8 Å². The first-order valence-corrected chi connectivity index (χ1v) is 8.37. The molecule has 1 atom stereocenters. The third-order valence-corrected chi connectivity index (χ3v) is 4.81. The van der Waals surface area contributed by atoms with Gasteiger partial charge in [0, 0.05) is 18.1 Å². The largest absolute Gasteiger partial charge is 0.497 e. The minimum absolute atomic E-state index is 0.538. The van der Waals surface area contributed by atoms with Crippen LogP contribution >= 0.6 is 0 Å². The molecular weight excluding hydrogens is 260 g/mol. The van der Waals surface area contributed by atoms with Crippen molar-refractivity contribution in [2.45, 2.75) is 57.2 Å². The lowest BCUT2D eigenvalue weighted by atomic mass is 10.0. The van der Waals surface area contributed by atoms with Crippen molar-refractivity contribution in [2.24, 2.45) is 0 Å². The Morgan fingerprint density at radius 3 is 2.38 bits per heavy atom. The van der Waals surface area contributed by atoms with Crippen LogP contribution in [-0.4, -0.2) is 43.2 Å². The topological polar surface area (TPSA) is 24.5 Å². The number of nitrogens with zero attached hydrogens (tertiary/aromatic N) is 1. The summed E-state index contributed by atoms with van der Waals surface area (Å²) in [6.07, 6.45) is 6.58. The maximum Gasteiger partial charge on any atom is 0.118 e. The van der Waals surface area contributed by atoms with E-state index in [-0.39, 0.29) is 0 Å². The van der Waals surface area contributed by atoms with Gasteiger partial charge in [-0.3, -0.25) is 0 Å². The predicted octanol–water partition coefficient (Wildman–Crippen LogP) is 2.84. The minimum atomic E-state index is 0.538. The summed E-state index contributed by atoms with van der Waals surface area (Å²) in [5.74, 6) is 0.937. The average molecular weight is 288 g/mol. The number of methoxy groups -OCH3 is 1. The molecular formula is C18H28N2O. The van der Waals surface area contributed by atoms with Crippen molar-refractivity contribution in [1.29, 1.82) is 0 Å². The lowest BCUT2D eigenvalue weighted by molar-refractivity contribution is 0.184. The van der Waals surface area contributed by atoms with Crippen LogP contribution < -0.4 is 10.1 Å². The summed E-state index contributed by atoms with van der Waals surface area (Å²) < 4.78 is 5.21. The van der Waals surface area contributed by atoms with Gasteiger partial charge >= 0.3 is 0 Å². The highest BCUT2D eigenvalue weighted by Crippen LogP contribution is 2.29. The summed E-state index contributed by atoms with van der Waals surface area (Å²) >= 11 is 0. The highest BCUT2D eigenvalue weighted by molar-refractivity contribution is 5.27. The highest BCUT2D eigenvalue weighted by Gasteiger charge is 2.31. The molecule has 3 nitrogen and oxygen atoms in total. The second-order valence-electron chi connectivity index (χ2n) is 6.66. The second kappa shape index (κ2) is 6.80. The Morgan fingerprint density at radius 1 is 1.14 bits per heavy atom. The first-order chi connectivity index (χ1) is 10.2. The van der Waals surface area contributed by atoms with Gasteiger partial charge in [-0.1, -0.05) is 12.1 Å². The van der Waals surface area contributed by atoms with Gasteiger partial charge in [0.25, 0.3) is 0 Å². The molecule has 0 spiro atoms. The molecule has 1 aromatic carbocycles. The molecule has 1 aliphatic heterocycles. The van der Waals surface area contributed by atoms with Crippen LogP contribution in [0.4, 0.5) is 0 Å². The quantitative estimate of drug-likeness (QED) is 0.871. The van der Waals surface area contributed by atoms with Crippen LogP contribution in [0.25, 0.3) is 0 Å². The summed E-state index contributed by atoms with van der Waals surface area (Å²) in [5, 5.41) is 3.82. The number of piperidine rings is 1. The molecule has 3 heteroatoms. The van der Waals surface area contributed by atoms with Gasteiger partial charge < -0.3 is 15.0 Å². The van der Waals surface area contributed by atoms with Crippen LogP contribution in [0.1, 0.15) is 38.2 Å². The van der Waals surface area contributed by atoms with Crippen LogP contribution in [-0.2, 0) is 6.42 Å². The van der Waals surface area contributed by atoms with E-state index in [0.717, 1.165) is 18.2 Å². The van der Waals surface area contributed by atoms with E-state index in [9.17, 15) is 0 Å². The van der Waals surface area contributed by atoms with E-state index in [1.54, 1.807) is 7.11 Å². The van der Waals surface area contributed by atoms with E-state index in [0.29, 0.717) is 12.1 Å². The Kier molecular flexibility index (Phi) is 4.81. The molecule has 0 aromatic heterocycles. The molecule has 2 aliphatic rings. The van der Waals surface area contributed by atoms with Gasteiger partial charge in [0.1, 0.15) is 5.75 Å². The first kappa shape index (κ1) is 14.9. The summed E-state index contributed by atoms with van der Waals surface area (Å²) in [7, 11) is 1.72. The fraction of sp³-hybridized carbons (Fsp3) is 0.667. The smallest absolute Gasteiger partial charge is 0.118 e. The molecule has 1 saturated heterocycles. The predicted molar refractivity (Wildman–Crippen MR) is 86.9 cm³/mol. The second-order valence-corrected chi connectivity index (χ2v) is 6.66. The zero-order chi connectivity index (χ0) is 14.7. The van der Waals surface area contributed by atoms with Crippen molar-refractivity contribution in [2.75, 3.05) is 20.2 Å². The van der Waals surface area contributed by atoms with E-state index in [2.05, 4.69) is 41.4 Å². The summed E-state index contributed by atoms with van der Waals surface area (Å²) in [5.41, 5.74) is 1.38. The fourth-order valence-corrected chi connectivity index (χ4v) is 3.45. The number of hydrogen-bond acceptors (Lipinski definition) is 3. The Balaban J connectivity index is 1.42. The molecule has 1 aromatic rings. The average Bonchev–Trinajstić information content (AvgIpc) is 3.33. The number of hydrogen-bond donors (Lipinski definition) is 1. The summed E-state index contributed by atoms with van der Waals surface area (Å²) in [4.78, 5) is 2.69. The molecule has 116 valence electrons. The van der Waals surface area contributed by atoms with Gasteiger partial charge in [0.15, 0.2) is 0 Å². The van der Waals surface area contributed by atoms with Crippen molar-refractivity contribution >= 4 is 0 Å². The number of ether oxygens (including phenoxy) is 1. The van der Waals surface area contributed by atoms with Gasteiger partial charge in [-0.25, -0.2) is 0 Å². The maximum absolute atomic E-state index is 5.21. The monoisotopic (exact) mass is 288 g/mol. The molecule has 3 rings (SSSR count). The van der Waals surface area contributed by atoms with Gasteiger partial charge in [0.05, 0.1) is 7.11 Å². The number of likely N-dealkylation sites (tertiary alicyclic amines) is 1. The third-order valence-electron chi connectivity index (χ3n) is 4.81. The molecule has 21 heavy (non-hydrogen) atoms. The number of rotatable bonds is 6. The lowest BCUT2D eigenvalue weighted by Crippen LogP contribution is -2.46. The highest BCUT2D eigenvalue weighted by atomic mass is 16.5.